The fourth-order valence-corrected chi connectivity index (χ4v) is 3.08. The molecule has 1 aromatic rings. The van der Waals surface area contributed by atoms with Crippen LogP contribution in [-0.2, 0) is 16.0 Å². The quantitative estimate of drug-likeness (QED) is 0.833. The Kier molecular flexibility index (Phi) is 6.31. The molecule has 1 aliphatic heterocycles. The number of amides is 2. The van der Waals surface area contributed by atoms with Crippen molar-refractivity contribution in [1.29, 1.82) is 0 Å². The second kappa shape index (κ2) is 8.24. The highest BCUT2D eigenvalue weighted by atomic mass is 35.5. The number of hydrogen-bond acceptors (Lipinski definition) is 4. The summed E-state index contributed by atoms with van der Waals surface area (Å²) in [6, 6.07) is 3.64. The van der Waals surface area contributed by atoms with Gasteiger partial charge in [-0.1, -0.05) is 11.6 Å². The Bertz CT molecular complexity index is 621. The van der Waals surface area contributed by atoms with E-state index in [4.69, 9.17) is 21.1 Å². The van der Waals surface area contributed by atoms with Gasteiger partial charge in [0.05, 0.1) is 20.1 Å². The first-order valence-corrected chi connectivity index (χ1v) is 8.43. The molecule has 0 bridgehead atoms. The van der Waals surface area contributed by atoms with E-state index in [2.05, 4.69) is 0 Å². The third-order valence-electron chi connectivity index (χ3n) is 3.89. The Hall–Kier alpha value is -1.95. The standard InChI is InChI=1S/C17H23ClN2O4/c1-4-24-17(22)20-8-6-5-7-19(20)16(21)11-13-14(18)9-12(2)10-15(13)23-3/h9-10H,4-8,11H2,1-3H3. The summed E-state index contributed by atoms with van der Waals surface area (Å²) in [5, 5.41) is 3.32. The topological polar surface area (TPSA) is 59.1 Å². The van der Waals surface area contributed by atoms with Crippen molar-refractivity contribution in [2.24, 2.45) is 0 Å². The molecule has 1 fully saturated rings. The van der Waals surface area contributed by atoms with Gasteiger partial charge < -0.3 is 9.47 Å². The summed E-state index contributed by atoms with van der Waals surface area (Å²) in [6.45, 7) is 4.89. The average molecular weight is 355 g/mol. The summed E-state index contributed by atoms with van der Waals surface area (Å²) in [5.74, 6) is 0.375. The Balaban J connectivity index is 2.20. The van der Waals surface area contributed by atoms with Crippen molar-refractivity contribution >= 4 is 23.6 Å². The second-order valence-electron chi connectivity index (χ2n) is 5.65. The van der Waals surface area contributed by atoms with E-state index in [0.29, 0.717) is 29.4 Å². The number of aryl methyl sites for hydroxylation is 1. The average Bonchev–Trinajstić information content (AvgIpc) is 2.57. The maximum atomic E-state index is 12.8. The van der Waals surface area contributed by atoms with Crippen molar-refractivity contribution in [1.82, 2.24) is 10.0 Å². The Morgan fingerprint density at radius 3 is 2.50 bits per heavy atom. The number of methoxy groups -OCH3 is 1. The van der Waals surface area contributed by atoms with Gasteiger partial charge in [0.15, 0.2) is 0 Å². The van der Waals surface area contributed by atoms with E-state index in [0.717, 1.165) is 18.4 Å². The van der Waals surface area contributed by atoms with E-state index >= 15 is 0 Å². The van der Waals surface area contributed by atoms with E-state index in [1.807, 2.05) is 13.0 Å². The van der Waals surface area contributed by atoms with E-state index in [9.17, 15) is 9.59 Å². The predicted octanol–water partition coefficient (Wildman–Crippen LogP) is 3.20. The van der Waals surface area contributed by atoms with Gasteiger partial charge in [0, 0.05) is 23.7 Å². The monoisotopic (exact) mass is 354 g/mol. The molecular formula is C17H23ClN2O4. The molecule has 0 N–H and O–H groups in total. The molecule has 2 amide bonds. The zero-order valence-electron chi connectivity index (χ0n) is 14.3. The third-order valence-corrected chi connectivity index (χ3v) is 4.23. The first-order valence-electron chi connectivity index (χ1n) is 8.05. The van der Waals surface area contributed by atoms with Crippen LogP contribution in [0.15, 0.2) is 12.1 Å². The number of ether oxygens (including phenoxy) is 2. The van der Waals surface area contributed by atoms with Gasteiger partial charge in [0.2, 0.25) is 5.91 Å². The molecule has 1 saturated heterocycles. The Labute approximate surface area is 147 Å². The maximum Gasteiger partial charge on any atom is 0.428 e. The lowest BCUT2D eigenvalue weighted by Gasteiger charge is -2.37. The van der Waals surface area contributed by atoms with Gasteiger partial charge in [-0.2, -0.15) is 0 Å². The van der Waals surface area contributed by atoms with Crippen LogP contribution in [0.1, 0.15) is 30.9 Å². The van der Waals surface area contributed by atoms with Gasteiger partial charge in [-0.25, -0.2) is 14.8 Å². The van der Waals surface area contributed by atoms with Crippen molar-refractivity contribution in [3.8, 4) is 5.75 Å². The van der Waals surface area contributed by atoms with Crippen LogP contribution in [0.5, 0.6) is 5.75 Å². The Morgan fingerprint density at radius 2 is 1.88 bits per heavy atom. The molecule has 2 rings (SSSR count). The summed E-state index contributed by atoms with van der Waals surface area (Å²) in [5.41, 5.74) is 1.59. The second-order valence-corrected chi connectivity index (χ2v) is 6.06. The zero-order chi connectivity index (χ0) is 17.7. The molecule has 0 atom stereocenters. The molecule has 0 radical (unpaired) electrons. The van der Waals surface area contributed by atoms with Crippen LogP contribution in [0.25, 0.3) is 0 Å². The van der Waals surface area contributed by atoms with Crippen LogP contribution in [0, 0.1) is 6.92 Å². The van der Waals surface area contributed by atoms with Crippen LogP contribution in [0.4, 0.5) is 4.79 Å². The molecule has 0 spiro atoms. The highest BCUT2D eigenvalue weighted by Crippen LogP contribution is 2.29. The number of rotatable bonds is 4. The lowest BCUT2D eigenvalue weighted by Crippen LogP contribution is -2.53. The summed E-state index contributed by atoms with van der Waals surface area (Å²) >= 11 is 6.29. The molecule has 0 aliphatic carbocycles. The molecule has 24 heavy (non-hydrogen) atoms. The molecule has 1 aromatic carbocycles. The SMILES string of the molecule is CCOC(=O)N1CCCCN1C(=O)Cc1c(Cl)cc(C)cc1OC. The minimum absolute atomic E-state index is 0.0677. The lowest BCUT2D eigenvalue weighted by atomic mass is 10.1. The number of carbonyl (C=O) groups excluding carboxylic acids is 2. The number of benzene rings is 1. The van der Waals surface area contributed by atoms with Crippen molar-refractivity contribution in [2.45, 2.75) is 33.1 Å². The number of carbonyl (C=O) groups is 2. The molecule has 0 unspecified atom stereocenters. The van der Waals surface area contributed by atoms with Crippen molar-refractivity contribution in [2.75, 3.05) is 26.8 Å². The van der Waals surface area contributed by atoms with Crippen molar-refractivity contribution < 1.29 is 19.1 Å². The molecule has 6 nitrogen and oxygen atoms in total. The first-order chi connectivity index (χ1) is 11.5. The Morgan fingerprint density at radius 1 is 1.21 bits per heavy atom. The van der Waals surface area contributed by atoms with Gasteiger partial charge >= 0.3 is 6.09 Å². The summed E-state index contributed by atoms with van der Waals surface area (Å²) in [7, 11) is 1.55. The van der Waals surface area contributed by atoms with Gasteiger partial charge in [-0.3, -0.25) is 4.79 Å². The van der Waals surface area contributed by atoms with Crippen LogP contribution in [-0.4, -0.2) is 48.8 Å². The van der Waals surface area contributed by atoms with Crippen LogP contribution < -0.4 is 4.74 Å². The highest BCUT2D eigenvalue weighted by molar-refractivity contribution is 6.31. The normalized spacial score (nSPS) is 14.5. The largest absolute Gasteiger partial charge is 0.496 e. The van der Waals surface area contributed by atoms with E-state index < -0.39 is 6.09 Å². The predicted molar refractivity (Wildman–Crippen MR) is 91.1 cm³/mol. The number of halogens is 1. The number of hydrogen-bond donors (Lipinski definition) is 0. The van der Waals surface area contributed by atoms with Gasteiger partial charge in [0.25, 0.3) is 0 Å². The van der Waals surface area contributed by atoms with Crippen LogP contribution >= 0.6 is 11.6 Å². The fraction of sp³-hybridized carbons (Fsp3) is 0.529. The highest BCUT2D eigenvalue weighted by Gasteiger charge is 2.30. The van der Waals surface area contributed by atoms with Gasteiger partial charge in [-0.05, 0) is 44.4 Å². The van der Waals surface area contributed by atoms with Crippen LogP contribution in [0.3, 0.4) is 0 Å². The van der Waals surface area contributed by atoms with Gasteiger partial charge in [0.1, 0.15) is 5.75 Å². The number of hydrazine groups is 1. The fourth-order valence-electron chi connectivity index (χ4n) is 2.75. The maximum absolute atomic E-state index is 12.8. The van der Waals surface area contributed by atoms with Crippen LogP contribution in [0.2, 0.25) is 5.02 Å². The van der Waals surface area contributed by atoms with E-state index in [1.54, 1.807) is 20.1 Å². The smallest absolute Gasteiger partial charge is 0.428 e. The lowest BCUT2D eigenvalue weighted by molar-refractivity contribution is -0.148. The minimum atomic E-state index is -0.493. The number of nitrogens with zero attached hydrogens (tertiary/aromatic N) is 2. The van der Waals surface area contributed by atoms with E-state index in [1.165, 1.54) is 10.0 Å². The van der Waals surface area contributed by atoms with E-state index in [-0.39, 0.29) is 18.9 Å². The minimum Gasteiger partial charge on any atom is -0.496 e. The molecule has 1 heterocycles. The summed E-state index contributed by atoms with van der Waals surface area (Å²) in [6.07, 6.45) is 1.27. The molecule has 7 heteroatoms. The molecule has 0 saturated carbocycles. The van der Waals surface area contributed by atoms with Crippen molar-refractivity contribution in [3.63, 3.8) is 0 Å². The third kappa shape index (κ3) is 4.12. The molecule has 0 aromatic heterocycles. The zero-order valence-corrected chi connectivity index (χ0v) is 15.1. The first kappa shape index (κ1) is 18.4. The molecule has 1 aliphatic rings. The summed E-state index contributed by atoms with van der Waals surface area (Å²) in [4.78, 5) is 24.8. The van der Waals surface area contributed by atoms with Gasteiger partial charge in [-0.15, -0.1) is 0 Å². The van der Waals surface area contributed by atoms with Crippen molar-refractivity contribution in [3.05, 3.63) is 28.3 Å². The molecular weight excluding hydrogens is 332 g/mol. The summed E-state index contributed by atoms with van der Waals surface area (Å²) < 4.78 is 10.4. The molecule has 132 valence electrons.